The average molecular weight is 216 g/mol. The van der Waals surface area contributed by atoms with Gasteiger partial charge in [0.05, 0.1) is 10.4 Å². The van der Waals surface area contributed by atoms with Gasteiger partial charge in [-0.05, 0) is 24.3 Å². The number of thiophene rings is 1. The van der Waals surface area contributed by atoms with Gasteiger partial charge >= 0.3 is 0 Å². The molecule has 0 aromatic carbocycles. The molecule has 70 valence electrons. The fourth-order valence-corrected chi connectivity index (χ4v) is 2.11. The molecule has 1 aromatic heterocycles. The summed E-state index contributed by atoms with van der Waals surface area (Å²) in [5.74, 6) is 0.526. The van der Waals surface area contributed by atoms with E-state index in [1.54, 1.807) is 0 Å². The lowest BCUT2D eigenvalue weighted by molar-refractivity contribution is 0.0940. The van der Waals surface area contributed by atoms with E-state index in [-0.39, 0.29) is 11.4 Å². The van der Waals surface area contributed by atoms with Crippen LogP contribution < -0.4 is 5.32 Å². The smallest absolute Gasteiger partial charge is 0.261 e. The molecule has 1 heterocycles. The first-order valence-corrected chi connectivity index (χ1v) is 5.59. The van der Waals surface area contributed by atoms with Crippen LogP contribution in [-0.2, 0) is 0 Å². The van der Waals surface area contributed by atoms with E-state index in [9.17, 15) is 4.79 Å². The molecular formula is C9H10ClNOS. The zero-order valence-corrected chi connectivity index (χ0v) is 8.62. The Labute approximate surface area is 85.9 Å². The van der Waals surface area contributed by atoms with E-state index < -0.39 is 0 Å². The standard InChI is InChI=1S/C9H10ClNOS/c10-6-9(3-4-9)11-8(12)7-2-1-5-13-7/h1-2,5H,3-4,6H2,(H,11,12). The summed E-state index contributed by atoms with van der Waals surface area (Å²) in [6.07, 6.45) is 2.02. The summed E-state index contributed by atoms with van der Waals surface area (Å²) in [5, 5.41) is 4.86. The Morgan fingerprint density at radius 2 is 2.46 bits per heavy atom. The highest BCUT2D eigenvalue weighted by atomic mass is 35.5. The van der Waals surface area contributed by atoms with Gasteiger partial charge in [-0.2, -0.15) is 0 Å². The van der Waals surface area contributed by atoms with Crippen LogP contribution in [0.15, 0.2) is 17.5 Å². The molecule has 1 aliphatic rings. The molecule has 4 heteroatoms. The normalized spacial score (nSPS) is 18.2. The predicted molar refractivity (Wildman–Crippen MR) is 54.5 cm³/mol. The molecule has 1 fully saturated rings. The van der Waals surface area contributed by atoms with Crippen molar-refractivity contribution in [2.75, 3.05) is 5.88 Å². The highest BCUT2D eigenvalue weighted by Gasteiger charge is 2.43. The molecule has 1 amide bonds. The molecule has 1 saturated carbocycles. The molecular weight excluding hydrogens is 206 g/mol. The lowest BCUT2D eigenvalue weighted by Gasteiger charge is -2.12. The van der Waals surface area contributed by atoms with Gasteiger partial charge in [-0.15, -0.1) is 22.9 Å². The van der Waals surface area contributed by atoms with Gasteiger partial charge in [0.1, 0.15) is 0 Å². The Morgan fingerprint density at radius 1 is 1.69 bits per heavy atom. The molecule has 0 spiro atoms. The molecule has 0 atom stereocenters. The second-order valence-electron chi connectivity index (χ2n) is 3.35. The number of hydrogen-bond donors (Lipinski definition) is 1. The van der Waals surface area contributed by atoms with Crippen molar-refractivity contribution < 1.29 is 4.79 Å². The van der Waals surface area contributed by atoms with Gasteiger partial charge in [0.2, 0.25) is 0 Å². The third-order valence-corrected chi connectivity index (χ3v) is 3.61. The number of carbonyl (C=O) groups is 1. The van der Waals surface area contributed by atoms with Gasteiger partial charge in [0, 0.05) is 5.88 Å². The minimum atomic E-state index is -0.0946. The molecule has 0 saturated heterocycles. The molecule has 1 aromatic rings. The number of alkyl halides is 1. The van der Waals surface area contributed by atoms with Crippen LogP contribution >= 0.6 is 22.9 Å². The summed E-state index contributed by atoms with van der Waals surface area (Å²) < 4.78 is 0. The molecule has 0 radical (unpaired) electrons. The van der Waals surface area contributed by atoms with Crippen molar-refractivity contribution in [3.05, 3.63) is 22.4 Å². The van der Waals surface area contributed by atoms with E-state index in [1.807, 2.05) is 17.5 Å². The number of carbonyl (C=O) groups excluding carboxylic acids is 1. The maximum absolute atomic E-state index is 11.6. The van der Waals surface area contributed by atoms with Gasteiger partial charge in [0.15, 0.2) is 0 Å². The van der Waals surface area contributed by atoms with Gasteiger partial charge in [-0.3, -0.25) is 4.79 Å². The quantitative estimate of drug-likeness (QED) is 0.770. The summed E-state index contributed by atoms with van der Waals surface area (Å²) >= 11 is 7.20. The Balaban J connectivity index is 2.00. The van der Waals surface area contributed by atoms with E-state index in [0.29, 0.717) is 5.88 Å². The predicted octanol–water partition coefficient (Wildman–Crippen LogP) is 2.25. The van der Waals surface area contributed by atoms with Crippen molar-refractivity contribution >= 4 is 28.8 Å². The lowest BCUT2D eigenvalue weighted by atomic mass is 10.3. The van der Waals surface area contributed by atoms with Crippen LogP contribution in [0.5, 0.6) is 0 Å². The molecule has 1 N–H and O–H groups in total. The van der Waals surface area contributed by atoms with Gasteiger partial charge < -0.3 is 5.32 Å². The summed E-state index contributed by atoms with van der Waals surface area (Å²) in [6.45, 7) is 0. The lowest BCUT2D eigenvalue weighted by Crippen LogP contribution is -2.37. The first-order chi connectivity index (χ1) is 6.26. The van der Waals surface area contributed by atoms with E-state index in [1.165, 1.54) is 11.3 Å². The van der Waals surface area contributed by atoms with Gasteiger partial charge in [-0.25, -0.2) is 0 Å². The third kappa shape index (κ3) is 1.86. The Morgan fingerprint density at radius 3 is 2.92 bits per heavy atom. The molecule has 1 aliphatic carbocycles. The second kappa shape index (κ2) is 3.31. The zero-order chi connectivity index (χ0) is 9.31. The molecule has 13 heavy (non-hydrogen) atoms. The Kier molecular flexibility index (Phi) is 2.30. The Hall–Kier alpha value is -0.540. The molecule has 0 unspecified atom stereocenters. The van der Waals surface area contributed by atoms with E-state index in [2.05, 4.69) is 5.32 Å². The van der Waals surface area contributed by atoms with Crippen molar-refractivity contribution in [2.45, 2.75) is 18.4 Å². The van der Waals surface area contributed by atoms with Crippen LogP contribution in [0.4, 0.5) is 0 Å². The van der Waals surface area contributed by atoms with Crippen LogP contribution in [0.3, 0.4) is 0 Å². The van der Waals surface area contributed by atoms with Crippen LogP contribution in [0.1, 0.15) is 22.5 Å². The number of amides is 1. The summed E-state index contributed by atoms with van der Waals surface area (Å²) in [4.78, 5) is 12.3. The van der Waals surface area contributed by atoms with Crippen LogP contribution in [-0.4, -0.2) is 17.3 Å². The average Bonchev–Trinajstić information content (AvgIpc) is 2.69. The molecule has 0 bridgehead atoms. The molecule has 2 nitrogen and oxygen atoms in total. The fourth-order valence-electron chi connectivity index (χ4n) is 1.15. The highest BCUT2D eigenvalue weighted by Crippen LogP contribution is 2.36. The maximum atomic E-state index is 11.6. The minimum Gasteiger partial charge on any atom is -0.345 e. The number of rotatable bonds is 3. The van der Waals surface area contributed by atoms with E-state index in [4.69, 9.17) is 11.6 Å². The topological polar surface area (TPSA) is 29.1 Å². The van der Waals surface area contributed by atoms with Crippen LogP contribution in [0.2, 0.25) is 0 Å². The van der Waals surface area contributed by atoms with Crippen molar-refractivity contribution in [3.63, 3.8) is 0 Å². The first kappa shape index (κ1) is 9.03. The number of hydrogen-bond acceptors (Lipinski definition) is 2. The second-order valence-corrected chi connectivity index (χ2v) is 4.56. The van der Waals surface area contributed by atoms with Gasteiger partial charge in [-0.1, -0.05) is 6.07 Å². The molecule has 0 aliphatic heterocycles. The SMILES string of the molecule is O=C(NC1(CCl)CC1)c1cccs1. The van der Waals surface area contributed by atoms with E-state index >= 15 is 0 Å². The highest BCUT2D eigenvalue weighted by molar-refractivity contribution is 7.12. The van der Waals surface area contributed by atoms with Gasteiger partial charge in [0.25, 0.3) is 5.91 Å². The summed E-state index contributed by atoms with van der Waals surface area (Å²) in [6, 6.07) is 3.70. The summed E-state index contributed by atoms with van der Waals surface area (Å²) in [7, 11) is 0. The van der Waals surface area contributed by atoms with Crippen molar-refractivity contribution in [1.82, 2.24) is 5.32 Å². The van der Waals surface area contributed by atoms with Crippen LogP contribution in [0, 0.1) is 0 Å². The van der Waals surface area contributed by atoms with Crippen molar-refractivity contribution in [2.24, 2.45) is 0 Å². The monoisotopic (exact) mass is 215 g/mol. The largest absolute Gasteiger partial charge is 0.345 e. The Bertz CT molecular complexity index is 305. The first-order valence-electron chi connectivity index (χ1n) is 4.18. The molecule has 2 rings (SSSR count). The van der Waals surface area contributed by atoms with E-state index in [0.717, 1.165) is 17.7 Å². The minimum absolute atomic E-state index is 0.00755. The maximum Gasteiger partial charge on any atom is 0.261 e. The summed E-state index contributed by atoms with van der Waals surface area (Å²) in [5.41, 5.74) is -0.0946. The van der Waals surface area contributed by atoms with Crippen LogP contribution in [0.25, 0.3) is 0 Å². The third-order valence-electron chi connectivity index (χ3n) is 2.23. The number of nitrogens with one attached hydrogen (secondary N) is 1. The van der Waals surface area contributed by atoms with Crippen molar-refractivity contribution in [1.29, 1.82) is 0 Å². The fraction of sp³-hybridized carbons (Fsp3) is 0.444. The van der Waals surface area contributed by atoms with Crippen molar-refractivity contribution in [3.8, 4) is 0 Å². The zero-order valence-electron chi connectivity index (χ0n) is 7.05. The number of halogens is 1.